The van der Waals surface area contributed by atoms with E-state index in [-0.39, 0.29) is 18.8 Å². The maximum absolute atomic E-state index is 10.1. The van der Waals surface area contributed by atoms with Crippen molar-refractivity contribution >= 4 is 11.6 Å². The lowest BCUT2D eigenvalue weighted by atomic mass is 9.94. The van der Waals surface area contributed by atoms with E-state index in [4.69, 9.17) is 16.3 Å². The second-order valence-electron chi connectivity index (χ2n) is 7.66. The van der Waals surface area contributed by atoms with Crippen LogP contribution in [0.1, 0.15) is 46.8 Å². The molecule has 2 aromatic carbocycles. The molecule has 6 heteroatoms. The zero-order valence-corrected chi connectivity index (χ0v) is 17.7. The molecule has 3 aromatic rings. The van der Waals surface area contributed by atoms with Crippen LogP contribution in [0.25, 0.3) is 0 Å². The van der Waals surface area contributed by atoms with E-state index in [0.717, 1.165) is 27.8 Å². The van der Waals surface area contributed by atoms with E-state index in [1.807, 2.05) is 42.5 Å². The molecule has 0 bridgehead atoms. The number of hydrogen-bond acceptors (Lipinski definition) is 5. The van der Waals surface area contributed by atoms with E-state index in [1.54, 1.807) is 12.4 Å². The van der Waals surface area contributed by atoms with E-state index in [0.29, 0.717) is 24.3 Å². The average molecular weight is 435 g/mol. The molecule has 1 fully saturated rings. The Morgan fingerprint density at radius 1 is 1.00 bits per heavy atom. The Morgan fingerprint density at radius 3 is 2.48 bits per heavy atom. The van der Waals surface area contributed by atoms with Gasteiger partial charge in [0, 0.05) is 35.8 Å². The number of nitrogens with zero attached hydrogens (tertiary/aromatic N) is 2. The fourth-order valence-corrected chi connectivity index (χ4v) is 3.87. The highest BCUT2D eigenvalue weighted by Crippen LogP contribution is 2.33. The highest BCUT2D eigenvalue weighted by molar-refractivity contribution is 6.31. The number of ether oxygens (including phenoxy) is 1. The van der Waals surface area contributed by atoms with Crippen molar-refractivity contribution in [2.75, 3.05) is 6.61 Å². The van der Waals surface area contributed by atoms with Gasteiger partial charge in [-0.15, -0.1) is 0 Å². The molecule has 0 radical (unpaired) electrons. The summed E-state index contributed by atoms with van der Waals surface area (Å²) in [5.41, 5.74) is 4.75. The van der Waals surface area contributed by atoms with Crippen LogP contribution < -0.4 is 0 Å². The molecule has 31 heavy (non-hydrogen) atoms. The smallest absolute Gasteiger partial charge is 0.115 e. The fourth-order valence-electron chi connectivity index (χ4n) is 3.69. The number of halogens is 1. The standard InChI is InChI=1S/C25H23ClN2O3/c26-24-8-7-20(25-12-22(30)11-23(15-29)31-25)10-21(24)9-18-4-1-17(2-5-18)3-6-19-13-27-16-28-14-19/h1-2,4-5,7-8,10,13-14,16,22-23,25,29-30H,9,11-12,15H2. The minimum absolute atomic E-state index is 0.0967. The molecular weight excluding hydrogens is 412 g/mol. The summed E-state index contributed by atoms with van der Waals surface area (Å²) in [6.07, 6.45) is 5.41. The molecule has 2 heterocycles. The summed E-state index contributed by atoms with van der Waals surface area (Å²) in [6.45, 7) is -0.0967. The van der Waals surface area contributed by atoms with Crippen molar-refractivity contribution in [3.05, 3.63) is 94.0 Å². The van der Waals surface area contributed by atoms with Crippen LogP contribution in [0.2, 0.25) is 5.02 Å². The molecule has 0 aliphatic carbocycles. The largest absolute Gasteiger partial charge is 0.394 e. The van der Waals surface area contributed by atoms with Crippen LogP contribution in [0.15, 0.2) is 61.2 Å². The Kier molecular flexibility index (Phi) is 6.96. The second-order valence-corrected chi connectivity index (χ2v) is 8.06. The SMILES string of the molecule is OCC1CC(O)CC(c2ccc(Cl)c(Cc3ccc(C#Cc4cncnc4)cc3)c2)O1. The number of aliphatic hydroxyl groups is 2. The zero-order chi connectivity index (χ0) is 21.6. The average Bonchev–Trinajstić information content (AvgIpc) is 2.80. The molecule has 4 rings (SSSR count). The van der Waals surface area contributed by atoms with Crippen LogP contribution in [-0.4, -0.2) is 39.0 Å². The highest BCUT2D eigenvalue weighted by atomic mass is 35.5. The summed E-state index contributed by atoms with van der Waals surface area (Å²) in [5, 5.41) is 20.2. The molecule has 3 unspecified atom stereocenters. The van der Waals surface area contributed by atoms with Crippen molar-refractivity contribution in [3.8, 4) is 11.8 Å². The molecule has 1 saturated heterocycles. The van der Waals surface area contributed by atoms with Gasteiger partial charge in [0.2, 0.25) is 0 Å². The third-order valence-corrected chi connectivity index (χ3v) is 5.65. The third-order valence-electron chi connectivity index (χ3n) is 5.28. The first-order valence-electron chi connectivity index (χ1n) is 10.2. The van der Waals surface area contributed by atoms with Crippen LogP contribution in [0.5, 0.6) is 0 Å². The topological polar surface area (TPSA) is 75.5 Å². The van der Waals surface area contributed by atoms with Crippen LogP contribution in [0.3, 0.4) is 0 Å². The van der Waals surface area contributed by atoms with Gasteiger partial charge in [0.05, 0.1) is 30.5 Å². The predicted molar refractivity (Wildman–Crippen MR) is 119 cm³/mol. The van der Waals surface area contributed by atoms with Gasteiger partial charge < -0.3 is 14.9 Å². The summed E-state index contributed by atoms with van der Waals surface area (Å²) < 4.78 is 5.94. The van der Waals surface area contributed by atoms with E-state index in [1.165, 1.54) is 6.33 Å². The monoisotopic (exact) mass is 434 g/mol. The van der Waals surface area contributed by atoms with E-state index >= 15 is 0 Å². The molecule has 3 atom stereocenters. The molecule has 1 aliphatic rings. The van der Waals surface area contributed by atoms with Crippen LogP contribution in [-0.2, 0) is 11.2 Å². The molecular formula is C25H23ClN2O3. The fraction of sp³-hybridized carbons (Fsp3) is 0.280. The van der Waals surface area contributed by atoms with Crippen molar-refractivity contribution in [1.82, 2.24) is 9.97 Å². The lowest BCUT2D eigenvalue weighted by Crippen LogP contribution is -2.33. The third kappa shape index (κ3) is 5.69. The van der Waals surface area contributed by atoms with Gasteiger partial charge in [0.15, 0.2) is 0 Å². The Bertz CT molecular complexity index is 1080. The lowest BCUT2D eigenvalue weighted by molar-refractivity contribution is -0.113. The summed E-state index contributed by atoms with van der Waals surface area (Å²) in [6, 6.07) is 13.9. The van der Waals surface area contributed by atoms with Gasteiger partial charge in [-0.25, -0.2) is 9.97 Å². The van der Waals surface area contributed by atoms with Crippen molar-refractivity contribution in [1.29, 1.82) is 0 Å². The molecule has 5 nitrogen and oxygen atoms in total. The van der Waals surface area contributed by atoms with E-state index in [9.17, 15) is 10.2 Å². The van der Waals surface area contributed by atoms with Crippen LogP contribution in [0.4, 0.5) is 0 Å². The molecule has 1 aromatic heterocycles. The van der Waals surface area contributed by atoms with Gasteiger partial charge in [-0.2, -0.15) is 0 Å². The first-order valence-corrected chi connectivity index (χ1v) is 10.6. The van der Waals surface area contributed by atoms with Gasteiger partial charge in [0.1, 0.15) is 6.33 Å². The van der Waals surface area contributed by atoms with Gasteiger partial charge in [-0.05, 0) is 41.3 Å². The minimum atomic E-state index is -0.480. The first-order chi connectivity index (χ1) is 15.1. The summed E-state index contributed by atoms with van der Waals surface area (Å²) in [7, 11) is 0. The van der Waals surface area contributed by atoms with Crippen molar-refractivity contribution in [2.24, 2.45) is 0 Å². The molecule has 2 N–H and O–H groups in total. The van der Waals surface area contributed by atoms with Crippen LogP contribution in [0, 0.1) is 11.8 Å². The lowest BCUT2D eigenvalue weighted by Gasteiger charge is -2.32. The molecule has 0 amide bonds. The minimum Gasteiger partial charge on any atom is -0.394 e. The van der Waals surface area contributed by atoms with E-state index < -0.39 is 6.10 Å². The summed E-state index contributed by atoms with van der Waals surface area (Å²) in [5.74, 6) is 6.16. The van der Waals surface area contributed by atoms with Crippen LogP contribution >= 0.6 is 11.6 Å². The quantitative estimate of drug-likeness (QED) is 0.612. The second kappa shape index (κ2) is 10.0. The Labute approximate surface area is 186 Å². The predicted octanol–water partition coefficient (Wildman–Crippen LogP) is 3.69. The normalized spacial score (nSPS) is 20.7. The first kappa shape index (κ1) is 21.5. The number of aromatic nitrogens is 2. The van der Waals surface area contributed by atoms with Gasteiger partial charge in [-0.3, -0.25) is 0 Å². The number of aliphatic hydroxyl groups excluding tert-OH is 2. The number of rotatable bonds is 4. The van der Waals surface area contributed by atoms with Crippen molar-refractivity contribution in [2.45, 2.75) is 37.6 Å². The van der Waals surface area contributed by atoms with Crippen molar-refractivity contribution < 1.29 is 14.9 Å². The summed E-state index contributed by atoms with van der Waals surface area (Å²) >= 11 is 6.45. The van der Waals surface area contributed by atoms with Gasteiger partial charge >= 0.3 is 0 Å². The van der Waals surface area contributed by atoms with Gasteiger partial charge in [0.25, 0.3) is 0 Å². The Hall–Kier alpha value is -2.75. The molecule has 0 saturated carbocycles. The Balaban J connectivity index is 1.48. The Morgan fingerprint density at radius 2 is 1.74 bits per heavy atom. The molecule has 1 aliphatic heterocycles. The summed E-state index contributed by atoms with van der Waals surface area (Å²) in [4.78, 5) is 7.92. The maximum Gasteiger partial charge on any atom is 0.115 e. The molecule has 158 valence electrons. The molecule has 0 spiro atoms. The number of benzene rings is 2. The number of hydrogen-bond donors (Lipinski definition) is 2. The zero-order valence-electron chi connectivity index (χ0n) is 16.9. The van der Waals surface area contributed by atoms with E-state index in [2.05, 4.69) is 21.8 Å². The highest BCUT2D eigenvalue weighted by Gasteiger charge is 2.29. The van der Waals surface area contributed by atoms with Crippen molar-refractivity contribution in [3.63, 3.8) is 0 Å². The maximum atomic E-state index is 10.1. The van der Waals surface area contributed by atoms with Gasteiger partial charge in [-0.1, -0.05) is 47.7 Å².